The number of pyridine rings is 2. The molecule has 1 radical (unpaired) electrons. The SMILES string of the molecule is [2H]C([2H])(c1cc(-c2[c-]cccc2)ncc1[Si](C)(C)C)C(C)C.[2H]C([2H])(c1ccnc(-c2[c-]ccc3c2oc2cc(-c4ccccc4)ccc23)c1)C(C)(C)C.[Ir]. The molecule has 3 aromatic heterocycles. The molecule has 3 heterocycles. The third-order valence-corrected chi connectivity index (χ3v) is 10.2. The van der Waals surface area contributed by atoms with Gasteiger partial charge in [0.15, 0.2) is 0 Å². The zero-order valence-electron chi connectivity index (χ0n) is 34.7. The molecule has 0 fully saturated rings. The average molecular weight is 869 g/mol. The maximum atomic E-state index is 8.64. The smallest absolute Gasteiger partial charge is 0.121 e. The minimum absolute atomic E-state index is 0. The Morgan fingerprint density at radius 3 is 2.24 bits per heavy atom. The molecule has 0 saturated carbocycles. The average Bonchev–Trinajstić information content (AvgIpc) is 3.53. The van der Waals surface area contributed by atoms with Crippen molar-refractivity contribution in [2.45, 2.75) is 67.0 Å². The fraction of sp³-hybridized carbons (Fsp3) is 0.261. The first-order valence-corrected chi connectivity index (χ1v) is 20.8. The van der Waals surface area contributed by atoms with E-state index in [-0.39, 0.29) is 26.0 Å². The van der Waals surface area contributed by atoms with E-state index in [9.17, 15) is 0 Å². The fourth-order valence-corrected chi connectivity index (χ4v) is 7.41. The molecule has 263 valence electrons. The summed E-state index contributed by atoms with van der Waals surface area (Å²) in [7, 11) is -1.67. The second-order valence-corrected chi connectivity index (χ2v) is 20.1. The van der Waals surface area contributed by atoms with Crippen LogP contribution in [-0.4, -0.2) is 18.0 Å². The molecule has 0 amide bonds. The van der Waals surface area contributed by atoms with Crippen LogP contribution in [0.2, 0.25) is 19.6 Å². The van der Waals surface area contributed by atoms with Gasteiger partial charge in [0, 0.05) is 43.4 Å². The van der Waals surface area contributed by atoms with Crippen molar-refractivity contribution in [3.05, 3.63) is 139 Å². The van der Waals surface area contributed by atoms with Gasteiger partial charge in [0.05, 0.1) is 13.7 Å². The molecule has 4 aromatic carbocycles. The molecule has 0 unspecified atom stereocenters. The Balaban J connectivity index is 0.000000222. The van der Waals surface area contributed by atoms with Crippen LogP contribution in [0.3, 0.4) is 0 Å². The van der Waals surface area contributed by atoms with Crippen molar-refractivity contribution >= 4 is 35.2 Å². The van der Waals surface area contributed by atoms with E-state index in [4.69, 9.17) is 9.90 Å². The minimum atomic E-state index is -1.67. The van der Waals surface area contributed by atoms with Gasteiger partial charge in [-0.15, -0.1) is 54.1 Å². The first-order valence-electron chi connectivity index (χ1n) is 19.3. The van der Waals surface area contributed by atoms with Crippen LogP contribution in [0.25, 0.3) is 55.6 Å². The van der Waals surface area contributed by atoms with E-state index in [1.54, 1.807) is 12.3 Å². The Kier molecular flexibility index (Phi) is 10.3. The van der Waals surface area contributed by atoms with E-state index in [0.717, 1.165) is 55.1 Å². The number of nitrogens with zero attached hydrogens (tertiary/aromatic N) is 2. The summed E-state index contributed by atoms with van der Waals surface area (Å²) in [5.41, 5.74) is 7.71. The zero-order chi connectivity index (χ0) is 39.1. The molecule has 0 spiro atoms. The van der Waals surface area contributed by atoms with Gasteiger partial charge in [0.1, 0.15) is 5.58 Å². The van der Waals surface area contributed by atoms with Crippen LogP contribution in [0, 0.1) is 23.5 Å². The van der Waals surface area contributed by atoms with Crippen molar-refractivity contribution < 1.29 is 30.0 Å². The van der Waals surface area contributed by atoms with Crippen molar-refractivity contribution in [3.8, 4) is 33.6 Å². The van der Waals surface area contributed by atoms with Gasteiger partial charge in [-0.3, -0.25) is 0 Å². The molecule has 0 bridgehead atoms. The van der Waals surface area contributed by atoms with Crippen LogP contribution in [0.5, 0.6) is 0 Å². The van der Waals surface area contributed by atoms with Crippen molar-refractivity contribution in [1.82, 2.24) is 9.97 Å². The molecule has 0 atom stereocenters. The van der Waals surface area contributed by atoms with E-state index >= 15 is 0 Å². The molecular weight excluding hydrogens is 817 g/mol. The molecule has 7 aromatic rings. The van der Waals surface area contributed by atoms with E-state index < -0.39 is 26.2 Å². The first kappa shape index (κ1) is 32.7. The topological polar surface area (TPSA) is 38.9 Å². The van der Waals surface area contributed by atoms with E-state index in [0.29, 0.717) is 16.8 Å². The predicted octanol–water partition coefficient (Wildman–Crippen LogP) is 12.0. The number of aromatic nitrogens is 2. The predicted molar refractivity (Wildman–Crippen MR) is 214 cm³/mol. The number of rotatable bonds is 7. The number of hydrogen-bond acceptors (Lipinski definition) is 3. The van der Waals surface area contributed by atoms with Gasteiger partial charge in [-0.05, 0) is 63.9 Å². The van der Waals surface area contributed by atoms with E-state index in [2.05, 4.69) is 72.1 Å². The van der Waals surface area contributed by atoms with Crippen molar-refractivity contribution in [1.29, 1.82) is 0 Å². The maximum absolute atomic E-state index is 8.64. The molecule has 0 saturated heterocycles. The van der Waals surface area contributed by atoms with Crippen LogP contribution in [0.15, 0.2) is 120 Å². The summed E-state index contributed by atoms with van der Waals surface area (Å²) in [6, 6.07) is 40.0. The van der Waals surface area contributed by atoms with Gasteiger partial charge in [-0.2, -0.15) is 0 Å². The Hall–Kier alpha value is -4.15. The Bertz CT molecular complexity index is 2400. The molecular formula is C46H48IrN2OSi-2. The maximum Gasteiger partial charge on any atom is 0.121 e. The Morgan fingerprint density at radius 2 is 1.55 bits per heavy atom. The van der Waals surface area contributed by atoms with Gasteiger partial charge < -0.3 is 14.4 Å². The number of hydrogen-bond donors (Lipinski definition) is 0. The van der Waals surface area contributed by atoms with Gasteiger partial charge in [-0.1, -0.05) is 131 Å². The number of benzene rings is 4. The van der Waals surface area contributed by atoms with Crippen molar-refractivity contribution in [3.63, 3.8) is 0 Å². The largest absolute Gasteiger partial charge is 0.501 e. The normalized spacial score (nSPS) is 13.4. The van der Waals surface area contributed by atoms with E-state index in [1.807, 2.05) is 108 Å². The number of fused-ring (bicyclic) bond motifs is 3. The molecule has 0 aliphatic rings. The molecule has 51 heavy (non-hydrogen) atoms. The summed E-state index contributed by atoms with van der Waals surface area (Å²) in [6.45, 7) is 16.3. The third kappa shape index (κ3) is 9.40. The molecule has 0 aliphatic heterocycles. The summed E-state index contributed by atoms with van der Waals surface area (Å²) < 4.78 is 40.7. The standard InChI is InChI=1S/C28H24NO.C18H24NSi.Ir/c1-28(2,3)18-19-14-15-29-25(16-19)24-11-7-10-23-22-13-12-21(17-26(22)30-27(23)24)20-8-5-4-6-9-20;1-14(2)11-16-12-17(15-9-7-6-8-10-15)19-13-18(16)20(3,4)5;/h4-10,12-17H,18H2,1-3H3;6-9,12-14H,11H2,1-5H3;/q2*-1;/i18D2;11D2;. The van der Waals surface area contributed by atoms with Gasteiger partial charge in [0.25, 0.3) is 0 Å². The second kappa shape index (κ2) is 16.0. The van der Waals surface area contributed by atoms with Crippen LogP contribution < -0.4 is 5.19 Å². The van der Waals surface area contributed by atoms with Gasteiger partial charge >= 0.3 is 0 Å². The van der Waals surface area contributed by atoms with Crippen molar-refractivity contribution in [2.75, 3.05) is 0 Å². The summed E-state index contributed by atoms with van der Waals surface area (Å²) in [4.78, 5) is 9.12. The molecule has 5 heteroatoms. The van der Waals surface area contributed by atoms with Gasteiger partial charge in [0.2, 0.25) is 0 Å². The number of furan rings is 1. The summed E-state index contributed by atoms with van der Waals surface area (Å²) in [5.74, 6) is -0.0856. The zero-order valence-corrected chi connectivity index (χ0v) is 34.1. The quantitative estimate of drug-likeness (QED) is 0.118. The Labute approximate surface area is 324 Å². The first-order chi connectivity index (χ1) is 25.4. The third-order valence-electron chi connectivity index (χ3n) is 8.22. The van der Waals surface area contributed by atoms with Crippen LogP contribution >= 0.6 is 0 Å². The monoisotopic (exact) mass is 869 g/mol. The van der Waals surface area contributed by atoms with Crippen LogP contribution in [-0.2, 0) is 32.9 Å². The summed E-state index contributed by atoms with van der Waals surface area (Å²) in [6.07, 6.45) is 0.689. The fourth-order valence-electron chi connectivity index (χ4n) is 6.00. The molecule has 0 aliphatic carbocycles. The Morgan fingerprint density at radius 1 is 0.784 bits per heavy atom. The van der Waals surface area contributed by atoms with Crippen LogP contribution in [0.1, 0.15) is 51.2 Å². The molecule has 0 N–H and O–H groups in total. The van der Waals surface area contributed by atoms with Crippen LogP contribution in [0.4, 0.5) is 0 Å². The summed E-state index contributed by atoms with van der Waals surface area (Å²) in [5, 5.41) is 3.14. The molecule has 3 nitrogen and oxygen atoms in total. The van der Waals surface area contributed by atoms with Gasteiger partial charge in [-0.25, -0.2) is 0 Å². The second-order valence-electron chi connectivity index (χ2n) is 15.0. The summed E-state index contributed by atoms with van der Waals surface area (Å²) >= 11 is 0. The molecule has 7 rings (SSSR count). The minimum Gasteiger partial charge on any atom is -0.501 e. The van der Waals surface area contributed by atoms with E-state index in [1.165, 1.54) is 0 Å². The van der Waals surface area contributed by atoms with Crippen molar-refractivity contribution in [2.24, 2.45) is 11.3 Å².